The van der Waals surface area contributed by atoms with E-state index in [2.05, 4.69) is 44.0 Å². The maximum atomic E-state index is 13.0. The first-order valence-corrected chi connectivity index (χ1v) is 13.1. The molecule has 1 atom stereocenters. The van der Waals surface area contributed by atoms with E-state index in [1.807, 2.05) is 11.0 Å². The topological polar surface area (TPSA) is 75.9 Å². The van der Waals surface area contributed by atoms with Crippen LogP contribution in [0.5, 0.6) is 0 Å². The molecule has 0 spiro atoms. The van der Waals surface area contributed by atoms with Gasteiger partial charge in [0.25, 0.3) is 0 Å². The number of thiophene rings is 1. The second-order valence-electron chi connectivity index (χ2n) is 9.35. The fraction of sp³-hybridized carbons (Fsp3) is 0.259. The number of hydrogen-bond donors (Lipinski definition) is 1. The summed E-state index contributed by atoms with van der Waals surface area (Å²) in [7, 11) is 0. The number of halogens is 3. The van der Waals surface area contributed by atoms with Crippen molar-refractivity contribution in [3.05, 3.63) is 77.6 Å². The molecule has 1 aliphatic rings. The molecule has 4 heterocycles. The molecule has 0 saturated carbocycles. The highest BCUT2D eigenvalue weighted by atomic mass is 32.1. The lowest BCUT2D eigenvalue weighted by Crippen LogP contribution is -2.43. The van der Waals surface area contributed by atoms with E-state index < -0.39 is 11.7 Å². The molecule has 3 aromatic heterocycles. The zero-order valence-corrected chi connectivity index (χ0v) is 21.0. The van der Waals surface area contributed by atoms with Crippen molar-refractivity contribution in [1.82, 2.24) is 25.1 Å². The number of alkyl halides is 3. The summed E-state index contributed by atoms with van der Waals surface area (Å²) >= 11 is 1.69. The van der Waals surface area contributed by atoms with Gasteiger partial charge in [-0.2, -0.15) is 18.3 Å². The molecule has 6 rings (SSSR count). The number of anilines is 1. The Labute approximate surface area is 219 Å². The Hall–Kier alpha value is -3.99. The van der Waals surface area contributed by atoms with Crippen molar-refractivity contribution in [2.75, 3.05) is 18.0 Å². The van der Waals surface area contributed by atoms with Gasteiger partial charge in [-0.3, -0.25) is 4.79 Å². The summed E-state index contributed by atoms with van der Waals surface area (Å²) in [6, 6.07) is 13.1. The van der Waals surface area contributed by atoms with Gasteiger partial charge in [-0.05, 0) is 71.6 Å². The smallest absolute Gasteiger partial charge is 0.354 e. The first kappa shape index (κ1) is 24.4. The van der Waals surface area contributed by atoms with Gasteiger partial charge < -0.3 is 10.2 Å². The molecule has 1 fully saturated rings. The van der Waals surface area contributed by atoms with Gasteiger partial charge in [0.2, 0.25) is 5.91 Å². The Morgan fingerprint density at radius 2 is 1.95 bits per heavy atom. The molecule has 0 aliphatic carbocycles. The highest BCUT2D eigenvalue weighted by molar-refractivity contribution is 7.17. The van der Waals surface area contributed by atoms with E-state index in [4.69, 9.17) is 0 Å². The van der Waals surface area contributed by atoms with Crippen LogP contribution in [0.15, 0.2) is 66.4 Å². The predicted octanol–water partition coefficient (Wildman–Crippen LogP) is 5.58. The van der Waals surface area contributed by atoms with Gasteiger partial charge in [0.1, 0.15) is 11.8 Å². The monoisotopic (exact) mass is 536 g/mol. The Morgan fingerprint density at radius 3 is 2.76 bits per heavy atom. The van der Waals surface area contributed by atoms with E-state index in [0.29, 0.717) is 35.6 Å². The normalized spacial score (nSPS) is 16.3. The minimum atomic E-state index is -4.40. The number of piperidine rings is 1. The number of fused-ring (bicyclic) bond motifs is 2. The van der Waals surface area contributed by atoms with Crippen molar-refractivity contribution >= 4 is 44.2 Å². The Bertz CT molecular complexity index is 1610. The van der Waals surface area contributed by atoms with E-state index >= 15 is 0 Å². The van der Waals surface area contributed by atoms with Crippen molar-refractivity contribution < 1.29 is 18.0 Å². The largest absolute Gasteiger partial charge is 0.416 e. The van der Waals surface area contributed by atoms with E-state index in [-0.39, 0.29) is 11.8 Å². The lowest BCUT2D eigenvalue weighted by Gasteiger charge is -2.32. The zero-order chi connectivity index (χ0) is 26.3. The standard InChI is InChI=1S/C27H23F3N6OS/c28-27(29,30)20-4-6-21(7-5-20)36-15-22-24(34-36)25(33-16-32-22)35-10-1-2-19(14-35)26(37)31-13-17-3-8-23-18(12-17)9-11-38-23/h3-9,11-12,15-16,19H,1-2,10,13-14H2,(H,31,37)/t19-/m0/s1. The minimum absolute atomic E-state index is 0.000647. The summed E-state index contributed by atoms with van der Waals surface area (Å²) in [5.74, 6) is 0.414. The number of carbonyl (C=O) groups is 1. The second-order valence-corrected chi connectivity index (χ2v) is 10.3. The third-order valence-corrected chi connectivity index (χ3v) is 7.72. The highest BCUT2D eigenvalue weighted by Gasteiger charge is 2.30. The first-order chi connectivity index (χ1) is 18.3. The summed E-state index contributed by atoms with van der Waals surface area (Å²) in [6.07, 6.45) is 0.313. The average Bonchev–Trinajstić information content (AvgIpc) is 3.58. The summed E-state index contributed by atoms with van der Waals surface area (Å²) in [6.45, 7) is 1.68. The van der Waals surface area contributed by atoms with Crippen molar-refractivity contribution in [1.29, 1.82) is 0 Å². The van der Waals surface area contributed by atoms with Crippen LogP contribution in [-0.4, -0.2) is 38.7 Å². The number of amides is 1. The van der Waals surface area contributed by atoms with Crippen molar-refractivity contribution in [3.63, 3.8) is 0 Å². The molecule has 1 amide bonds. The van der Waals surface area contributed by atoms with Crippen molar-refractivity contribution in [3.8, 4) is 5.69 Å². The Balaban J connectivity index is 1.17. The number of nitrogens with zero attached hydrogens (tertiary/aromatic N) is 5. The lowest BCUT2D eigenvalue weighted by molar-refractivity contribution is -0.137. The summed E-state index contributed by atoms with van der Waals surface area (Å²) in [4.78, 5) is 23.8. The van der Waals surface area contributed by atoms with Gasteiger partial charge >= 0.3 is 6.18 Å². The molecular weight excluding hydrogens is 513 g/mol. The van der Waals surface area contributed by atoms with Gasteiger partial charge in [-0.25, -0.2) is 14.6 Å². The number of nitrogens with one attached hydrogen (secondary N) is 1. The fourth-order valence-corrected chi connectivity index (χ4v) is 5.61. The van der Waals surface area contributed by atoms with Crippen LogP contribution < -0.4 is 10.2 Å². The fourth-order valence-electron chi connectivity index (χ4n) is 4.84. The van der Waals surface area contributed by atoms with Gasteiger partial charge in [-0.1, -0.05) is 6.07 Å². The van der Waals surface area contributed by atoms with Crippen LogP contribution in [0.1, 0.15) is 24.0 Å². The molecule has 0 radical (unpaired) electrons. The first-order valence-electron chi connectivity index (χ1n) is 12.2. The van der Waals surface area contributed by atoms with Crippen LogP contribution >= 0.6 is 11.3 Å². The van der Waals surface area contributed by atoms with Crippen LogP contribution in [0.25, 0.3) is 26.8 Å². The number of rotatable bonds is 5. The molecular formula is C27H23F3N6OS. The number of benzene rings is 2. The molecule has 11 heteroatoms. The van der Waals surface area contributed by atoms with Crippen molar-refractivity contribution in [2.24, 2.45) is 5.92 Å². The molecule has 1 aliphatic heterocycles. The van der Waals surface area contributed by atoms with E-state index in [9.17, 15) is 18.0 Å². The summed E-state index contributed by atoms with van der Waals surface area (Å²) in [5, 5.41) is 10.9. The summed E-state index contributed by atoms with van der Waals surface area (Å²) < 4.78 is 41.5. The van der Waals surface area contributed by atoms with E-state index in [1.165, 1.54) is 33.2 Å². The molecule has 7 nitrogen and oxygen atoms in total. The van der Waals surface area contributed by atoms with Crippen LogP contribution in [0, 0.1) is 5.92 Å². The molecule has 1 saturated heterocycles. The van der Waals surface area contributed by atoms with Gasteiger partial charge in [-0.15, -0.1) is 11.3 Å². The minimum Gasteiger partial charge on any atom is -0.354 e. The van der Waals surface area contributed by atoms with Crippen LogP contribution in [0.3, 0.4) is 0 Å². The summed E-state index contributed by atoms with van der Waals surface area (Å²) in [5.41, 5.74) is 1.94. The molecule has 5 aromatic rings. The lowest BCUT2D eigenvalue weighted by atomic mass is 9.97. The maximum Gasteiger partial charge on any atom is 0.416 e. The number of hydrogen-bond acceptors (Lipinski definition) is 6. The molecule has 194 valence electrons. The Morgan fingerprint density at radius 1 is 1.11 bits per heavy atom. The van der Waals surface area contributed by atoms with Gasteiger partial charge in [0, 0.05) is 24.3 Å². The van der Waals surface area contributed by atoms with Crippen LogP contribution in [0.2, 0.25) is 0 Å². The maximum absolute atomic E-state index is 13.0. The quantitative estimate of drug-likeness (QED) is 0.317. The van der Waals surface area contributed by atoms with Crippen LogP contribution in [-0.2, 0) is 17.5 Å². The van der Waals surface area contributed by atoms with E-state index in [1.54, 1.807) is 17.5 Å². The predicted molar refractivity (Wildman–Crippen MR) is 140 cm³/mol. The number of aromatic nitrogens is 4. The van der Waals surface area contributed by atoms with Gasteiger partial charge in [0.05, 0.1) is 23.4 Å². The van der Waals surface area contributed by atoms with Crippen molar-refractivity contribution in [2.45, 2.75) is 25.6 Å². The molecule has 1 N–H and O–H groups in total. The molecule has 38 heavy (non-hydrogen) atoms. The number of carbonyl (C=O) groups excluding carboxylic acids is 1. The Kier molecular flexibility index (Phi) is 6.22. The molecule has 0 unspecified atom stereocenters. The third-order valence-electron chi connectivity index (χ3n) is 6.82. The van der Waals surface area contributed by atoms with Crippen LogP contribution in [0.4, 0.5) is 19.0 Å². The second kappa shape index (κ2) is 9.71. The van der Waals surface area contributed by atoms with E-state index in [0.717, 1.165) is 37.1 Å². The molecule has 2 aromatic carbocycles. The van der Waals surface area contributed by atoms with Gasteiger partial charge in [0.15, 0.2) is 11.3 Å². The molecule has 0 bridgehead atoms. The third kappa shape index (κ3) is 4.81. The SMILES string of the molecule is O=C(NCc1ccc2sccc2c1)[C@H]1CCCN(c2ncnc3cn(-c4ccc(C(F)(F)F)cc4)nc23)C1. The average molecular weight is 537 g/mol. The highest BCUT2D eigenvalue weighted by Crippen LogP contribution is 2.31. The zero-order valence-electron chi connectivity index (χ0n) is 20.2.